The normalized spacial score (nSPS) is 16.7. The number of fused-ring (bicyclic) bond motifs is 4. The van der Waals surface area contributed by atoms with Gasteiger partial charge in [-0.3, -0.25) is 9.97 Å². The zero-order valence-corrected chi connectivity index (χ0v) is 22.2. The van der Waals surface area contributed by atoms with Crippen molar-refractivity contribution in [2.75, 3.05) is 0 Å². The monoisotopic (exact) mass is 472 g/mol. The average Bonchev–Trinajstić information content (AvgIpc) is 2.86. The number of pyridine rings is 2. The molecular formula is C34H36N2. The van der Waals surface area contributed by atoms with Crippen molar-refractivity contribution in [2.24, 2.45) is 5.41 Å². The first kappa shape index (κ1) is 23.2. The van der Waals surface area contributed by atoms with E-state index < -0.39 is 0 Å². The molecule has 2 heteroatoms. The minimum Gasteiger partial charge on any atom is -0.256 e. The molecule has 1 fully saturated rings. The van der Waals surface area contributed by atoms with Gasteiger partial charge in [0.2, 0.25) is 0 Å². The average molecular weight is 473 g/mol. The Balaban J connectivity index is 1.47. The fourth-order valence-corrected chi connectivity index (χ4v) is 6.10. The Labute approximate surface area is 214 Å². The van der Waals surface area contributed by atoms with Crippen molar-refractivity contribution in [3.8, 4) is 11.3 Å². The largest absolute Gasteiger partial charge is 0.256 e. The maximum atomic E-state index is 5.17. The lowest BCUT2D eigenvalue weighted by molar-refractivity contribution is 0.223. The highest BCUT2D eigenvalue weighted by atomic mass is 14.7. The van der Waals surface area contributed by atoms with Gasteiger partial charge in [0, 0.05) is 34.1 Å². The van der Waals surface area contributed by atoms with Crippen molar-refractivity contribution in [3.63, 3.8) is 0 Å². The molecule has 0 aliphatic heterocycles. The van der Waals surface area contributed by atoms with E-state index in [0.717, 1.165) is 11.2 Å². The first-order valence-corrected chi connectivity index (χ1v) is 13.4. The van der Waals surface area contributed by atoms with E-state index in [-0.39, 0.29) is 5.41 Å². The molecule has 0 amide bonds. The molecule has 6 rings (SSSR count). The summed E-state index contributed by atoms with van der Waals surface area (Å²) in [6.45, 7) is 11.7. The summed E-state index contributed by atoms with van der Waals surface area (Å²) in [5, 5.41) is 6.22. The lowest BCUT2D eigenvalue weighted by Crippen LogP contribution is -2.20. The lowest BCUT2D eigenvalue weighted by Gasteiger charge is -2.34. The van der Waals surface area contributed by atoms with Crippen molar-refractivity contribution in [3.05, 3.63) is 84.2 Å². The molecule has 3 aromatic carbocycles. The van der Waals surface area contributed by atoms with Gasteiger partial charge in [0.25, 0.3) is 0 Å². The van der Waals surface area contributed by atoms with E-state index in [1.54, 1.807) is 0 Å². The molecule has 0 atom stereocenters. The second-order valence-corrected chi connectivity index (χ2v) is 12.6. The number of aromatic nitrogens is 2. The topological polar surface area (TPSA) is 25.8 Å². The fourth-order valence-electron chi connectivity index (χ4n) is 6.10. The zero-order chi connectivity index (χ0) is 25.1. The molecule has 0 N–H and O–H groups in total. The van der Waals surface area contributed by atoms with E-state index in [0.29, 0.717) is 11.3 Å². The van der Waals surface area contributed by atoms with E-state index in [1.165, 1.54) is 69.4 Å². The molecule has 0 saturated heterocycles. The van der Waals surface area contributed by atoms with Crippen LogP contribution in [0.4, 0.5) is 0 Å². The molecule has 2 nitrogen and oxygen atoms in total. The smallest absolute Gasteiger partial charge is 0.0780 e. The van der Waals surface area contributed by atoms with Crippen molar-refractivity contribution >= 4 is 32.4 Å². The zero-order valence-electron chi connectivity index (χ0n) is 22.2. The van der Waals surface area contributed by atoms with Gasteiger partial charge in [-0.15, -0.1) is 0 Å². The van der Waals surface area contributed by atoms with Gasteiger partial charge in [-0.2, -0.15) is 0 Å². The highest BCUT2D eigenvalue weighted by Crippen LogP contribution is 2.43. The summed E-state index contributed by atoms with van der Waals surface area (Å²) in [5.41, 5.74) is 6.45. The van der Waals surface area contributed by atoms with Crippen LogP contribution in [0.1, 0.15) is 77.5 Å². The highest BCUT2D eigenvalue weighted by Gasteiger charge is 2.28. The Morgan fingerprint density at radius 1 is 0.778 bits per heavy atom. The predicted octanol–water partition coefficient (Wildman–Crippen LogP) is 9.58. The molecule has 1 aliphatic carbocycles. The lowest BCUT2D eigenvalue weighted by atomic mass is 9.72. The Morgan fingerprint density at radius 2 is 1.53 bits per heavy atom. The molecule has 0 unspecified atom stereocenters. The minimum atomic E-state index is 0.0432. The highest BCUT2D eigenvalue weighted by molar-refractivity contribution is 6.10. The summed E-state index contributed by atoms with van der Waals surface area (Å²) in [6, 6.07) is 24.5. The van der Waals surface area contributed by atoms with Crippen molar-refractivity contribution in [1.82, 2.24) is 9.97 Å². The third-order valence-electron chi connectivity index (χ3n) is 8.34. The number of benzene rings is 3. The van der Waals surface area contributed by atoms with Crippen LogP contribution >= 0.6 is 0 Å². The summed E-state index contributed by atoms with van der Waals surface area (Å²) in [6.07, 6.45) is 7.01. The standard InChI is InChI=1S/C34H36N2/c1-33(2,3)29-21-24(20-23-8-6-7-9-25(23)29)32-28-11-13-31-27(26(28)16-19-35-32)10-12-30(36-31)22-14-17-34(4,5)18-15-22/h6-13,16,19-22H,14-15,17-18H2,1-5H3. The molecule has 1 aliphatic rings. The molecule has 0 bridgehead atoms. The summed E-state index contributed by atoms with van der Waals surface area (Å²) in [4.78, 5) is 10.1. The number of hydrogen-bond donors (Lipinski definition) is 0. The molecule has 2 heterocycles. The van der Waals surface area contributed by atoms with Crippen molar-refractivity contribution in [1.29, 1.82) is 0 Å². The molecule has 1 saturated carbocycles. The molecule has 36 heavy (non-hydrogen) atoms. The summed E-state index contributed by atoms with van der Waals surface area (Å²) in [5.74, 6) is 0.583. The van der Waals surface area contributed by atoms with E-state index in [2.05, 4.69) is 101 Å². The van der Waals surface area contributed by atoms with Gasteiger partial charge in [0.15, 0.2) is 0 Å². The Bertz CT molecular complexity index is 1590. The van der Waals surface area contributed by atoms with Crippen molar-refractivity contribution in [2.45, 2.75) is 71.6 Å². The molecule has 182 valence electrons. The third-order valence-corrected chi connectivity index (χ3v) is 8.34. The van der Waals surface area contributed by atoms with Crippen LogP contribution in [0.5, 0.6) is 0 Å². The van der Waals surface area contributed by atoms with Gasteiger partial charge in [0.05, 0.1) is 11.2 Å². The van der Waals surface area contributed by atoms with Crippen LogP contribution < -0.4 is 0 Å². The van der Waals surface area contributed by atoms with Gasteiger partial charge >= 0.3 is 0 Å². The Hall–Kier alpha value is -3.26. The third kappa shape index (κ3) is 4.07. The van der Waals surface area contributed by atoms with E-state index >= 15 is 0 Å². The quantitative estimate of drug-likeness (QED) is 0.239. The van der Waals surface area contributed by atoms with Gasteiger partial charge < -0.3 is 0 Å². The maximum Gasteiger partial charge on any atom is 0.0780 e. The molecular weight excluding hydrogens is 436 g/mol. The number of nitrogens with zero attached hydrogens (tertiary/aromatic N) is 2. The molecule has 0 radical (unpaired) electrons. The van der Waals surface area contributed by atoms with E-state index in [9.17, 15) is 0 Å². The number of hydrogen-bond acceptors (Lipinski definition) is 2. The van der Waals surface area contributed by atoms with Crippen LogP contribution in [0.2, 0.25) is 0 Å². The first-order valence-electron chi connectivity index (χ1n) is 13.4. The molecule has 5 aromatic rings. The number of rotatable bonds is 2. The van der Waals surface area contributed by atoms with E-state index in [4.69, 9.17) is 9.97 Å². The van der Waals surface area contributed by atoms with Crippen LogP contribution in [0.3, 0.4) is 0 Å². The predicted molar refractivity (Wildman–Crippen MR) is 154 cm³/mol. The minimum absolute atomic E-state index is 0.0432. The Kier molecular flexibility index (Phi) is 5.41. The van der Waals surface area contributed by atoms with Gasteiger partial charge in [-0.25, -0.2) is 0 Å². The van der Waals surface area contributed by atoms with Gasteiger partial charge in [-0.05, 0) is 94.6 Å². The van der Waals surface area contributed by atoms with Crippen LogP contribution in [0.15, 0.2) is 72.9 Å². The summed E-state index contributed by atoms with van der Waals surface area (Å²) in [7, 11) is 0. The Morgan fingerprint density at radius 3 is 2.31 bits per heavy atom. The van der Waals surface area contributed by atoms with Crippen LogP contribution in [0, 0.1) is 5.41 Å². The van der Waals surface area contributed by atoms with Crippen LogP contribution in [-0.4, -0.2) is 9.97 Å². The van der Waals surface area contributed by atoms with Crippen LogP contribution in [0.25, 0.3) is 43.7 Å². The van der Waals surface area contributed by atoms with Crippen LogP contribution in [-0.2, 0) is 5.41 Å². The van der Waals surface area contributed by atoms with Crippen molar-refractivity contribution < 1.29 is 0 Å². The summed E-state index contributed by atoms with van der Waals surface area (Å²) < 4.78 is 0. The van der Waals surface area contributed by atoms with Gasteiger partial charge in [-0.1, -0.05) is 65.0 Å². The second-order valence-electron chi connectivity index (χ2n) is 12.6. The second kappa shape index (κ2) is 8.40. The SMILES string of the molecule is CC1(C)CCC(c2ccc3c(ccc4c(-c5cc(C(C)(C)C)c6ccccc6c5)nccc43)n2)CC1. The molecule has 2 aromatic heterocycles. The molecule has 0 spiro atoms. The maximum absolute atomic E-state index is 5.17. The summed E-state index contributed by atoms with van der Waals surface area (Å²) >= 11 is 0. The van der Waals surface area contributed by atoms with E-state index in [1.807, 2.05) is 6.20 Å². The van der Waals surface area contributed by atoms with Gasteiger partial charge in [0.1, 0.15) is 0 Å². The fraction of sp³-hybridized carbons (Fsp3) is 0.353. The first-order chi connectivity index (χ1) is 17.2.